The molecule has 4 aromatic rings. The Morgan fingerprint density at radius 3 is 2.82 bits per heavy atom. The van der Waals surface area contributed by atoms with Gasteiger partial charge >= 0.3 is 6.09 Å². The Labute approximate surface area is 279 Å². The molecule has 260 valence electrons. The van der Waals surface area contributed by atoms with Crippen molar-refractivity contribution in [2.45, 2.75) is 68.6 Å². The second-order valence-corrected chi connectivity index (χ2v) is 13.8. The molecule has 3 aliphatic rings. The molecule has 3 N–H and O–H groups in total. The van der Waals surface area contributed by atoms with Crippen molar-refractivity contribution < 1.29 is 31.8 Å². The number of aromatic amines is 1. The van der Waals surface area contributed by atoms with Gasteiger partial charge < -0.3 is 20.1 Å². The van der Waals surface area contributed by atoms with Crippen molar-refractivity contribution in [1.82, 2.24) is 30.5 Å². The molecule has 3 atom stereocenters. The number of nitrogens with one attached hydrogen (secondary N) is 3. The lowest BCUT2D eigenvalue weighted by atomic mass is 9.90. The molecule has 2 aromatic heterocycles. The van der Waals surface area contributed by atoms with E-state index in [2.05, 4.69) is 30.5 Å². The van der Waals surface area contributed by atoms with Gasteiger partial charge in [0.1, 0.15) is 24.0 Å². The number of rotatable bonds is 9. The summed E-state index contributed by atoms with van der Waals surface area (Å²) in [6, 6.07) is 11.0. The summed E-state index contributed by atoms with van der Waals surface area (Å²) in [4.78, 5) is 38.7. The van der Waals surface area contributed by atoms with E-state index in [9.17, 15) is 22.8 Å². The van der Waals surface area contributed by atoms with Gasteiger partial charge in [0.25, 0.3) is 17.5 Å². The van der Waals surface area contributed by atoms with Crippen LogP contribution in [-0.4, -0.2) is 88.5 Å². The van der Waals surface area contributed by atoms with Crippen LogP contribution in [-0.2, 0) is 11.2 Å². The third-order valence-electron chi connectivity index (χ3n) is 9.93. The first-order valence-corrected chi connectivity index (χ1v) is 16.6. The van der Waals surface area contributed by atoms with E-state index in [4.69, 9.17) is 9.47 Å². The normalized spacial score (nSPS) is 25.0. The number of H-pyrrole nitrogens is 1. The Morgan fingerprint density at radius 2 is 2.00 bits per heavy atom. The Bertz CT molecular complexity index is 1950. The molecule has 3 aliphatic heterocycles. The number of hydrogen-bond acceptors (Lipinski definition) is 8. The fourth-order valence-corrected chi connectivity index (χ4v) is 7.79. The largest absolute Gasteiger partial charge is 0.463 e. The first kappa shape index (κ1) is 33.2. The fraction of sp³-hybridized carbons (Fsp3) is 0.486. The van der Waals surface area contributed by atoms with Crippen LogP contribution >= 0.6 is 0 Å². The fourth-order valence-electron chi connectivity index (χ4n) is 7.79. The minimum atomic E-state index is -2.93. The van der Waals surface area contributed by atoms with Crippen LogP contribution in [0.3, 0.4) is 0 Å². The van der Waals surface area contributed by atoms with Crippen molar-refractivity contribution in [2.24, 2.45) is 0 Å². The number of amides is 1. The molecule has 2 aromatic carbocycles. The number of carbonyl (C=O) groups excluding carboxylic acids is 1. The number of aryl methyl sites for hydroxylation is 1. The van der Waals surface area contributed by atoms with E-state index in [-0.39, 0.29) is 42.4 Å². The Morgan fingerprint density at radius 1 is 1.18 bits per heavy atom. The molecule has 10 nitrogen and oxygen atoms in total. The standard InChI is InChI=1S/C35H38F4N6O4/c1-33(17-35(38,39)19-40-18-33)44-32(47)48-13-4-9-22-7-2-6-21-8-3-10-24(26(21)22)28-27(37)29-25(15-41-28)30(46)43-31(42-29)49-20-34-11-5-12-45(34)16-23(36)14-34/h2-3,6-8,10,15,23,40H,4-5,9,11-14,16-20H2,1H3,(H,44,47)(H,42,43,46)/t23-,33?,34+/m1/s1. The molecule has 49 heavy (non-hydrogen) atoms. The molecule has 5 heterocycles. The number of aromatic nitrogens is 3. The number of halogens is 4. The molecule has 3 fully saturated rings. The van der Waals surface area contributed by atoms with Crippen LogP contribution in [0.1, 0.15) is 44.6 Å². The summed E-state index contributed by atoms with van der Waals surface area (Å²) in [6.45, 7) is 2.62. The minimum Gasteiger partial charge on any atom is -0.463 e. The first-order chi connectivity index (χ1) is 23.4. The lowest BCUT2D eigenvalue weighted by molar-refractivity contribution is -0.0490. The lowest BCUT2D eigenvalue weighted by Gasteiger charge is -2.38. The molecular weight excluding hydrogens is 644 g/mol. The van der Waals surface area contributed by atoms with Crippen molar-refractivity contribution in [3.8, 4) is 17.3 Å². The molecule has 0 spiro atoms. The maximum atomic E-state index is 16.3. The molecule has 7 rings (SSSR count). The Kier molecular flexibility index (Phi) is 8.72. The summed E-state index contributed by atoms with van der Waals surface area (Å²) in [5.74, 6) is -3.71. The number of nitrogens with zero attached hydrogens (tertiary/aromatic N) is 3. The Hall–Kier alpha value is -4.30. The summed E-state index contributed by atoms with van der Waals surface area (Å²) in [5, 5.41) is 6.75. The van der Waals surface area contributed by atoms with Gasteiger partial charge in [0.05, 0.1) is 29.6 Å². The van der Waals surface area contributed by atoms with Gasteiger partial charge in [-0.05, 0) is 55.5 Å². The van der Waals surface area contributed by atoms with Gasteiger partial charge in [-0.2, -0.15) is 4.98 Å². The number of ether oxygens (including phenoxy) is 2. The van der Waals surface area contributed by atoms with Gasteiger partial charge in [-0.15, -0.1) is 0 Å². The molecule has 0 aliphatic carbocycles. The highest BCUT2D eigenvalue weighted by atomic mass is 19.3. The summed E-state index contributed by atoms with van der Waals surface area (Å²) >= 11 is 0. The SMILES string of the molecule is CC1(NC(=O)OCCCc2cccc3cccc(-c4ncc5c(=O)[nH]c(OC[C@@]67CCCN6C[C@H](F)C7)nc5c4F)c23)CNCC(F)(F)C1. The summed E-state index contributed by atoms with van der Waals surface area (Å²) in [6.07, 6.45) is 2.01. The average Bonchev–Trinajstić information content (AvgIpc) is 3.57. The molecule has 14 heteroatoms. The number of alkyl carbamates (subject to hydrolysis) is 1. The van der Waals surface area contributed by atoms with Crippen molar-refractivity contribution in [1.29, 1.82) is 0 Å². The molecule has 0 saturated carbocycles. The van der Waals surface area contributed by atoms with Crippen molar-refractivity contribution in [2.75, 3.05) is 39.4 Å². The van der Waals surface area contributed by atoms with Crippen LogP contribution < -0.4 is 20.9 Å². The van der Waals surface area contributed by atoms with E-state index in [1.165, 1.54) is 6.20 Å². The average molecular weight is 683 g/mol. The number of hydrogen-bond donors (Lipinski definition) is 3. The van der Waals surface area contributed by atoms with Crippen molar-refractivity contribution >= 4 is 27.8 Å². The van der Waals surface area contributed by atoms with Gasteiger partial charge in [-0.25, -0.2) is 22.4 Å². The Balaban J connectivity index is 1.10. The molecule has 3 saturated heterocycles. The lowest BCUT2D eigenvalue weighted by Crippen LogP contribution is -2.61. The van der Waals surface area contributed by atoms with E-state index in [0.29, 0.717) is 31.4 Å². The second kappa shape index (κ2) is 12.9. The van der Waals surface area contributed by atoms with E-state index >= 15 is 4.39 Å². The number of fused-ring (bicyclic) bond motifs is 3. The smallest absolute Gasteiger partial charge is 0.407 e. The highest BCUT2D eigenvalue weighted by Gasteiger charge is 2.49. The maximum Gasteiger partial charge on any atom is 0.407 e. The van der Waals surface area contributed by atoms with Gasteiger partial charge in [0.15, 0.2) is 5.82 Å². The number of pyridine rings is 1. The van der Waals surface area contributed by atoms with Gasteiger partial charge in [0.2, 0.25) is 0 Å². The van der Waals surface area contributed by atoms with E-state index in [1.54, 1.807) is 19.1 Å². The number of alkyl halides is 3. The van der Waals surface area contributed by atoms with E-state index in [1.807, 2.05) is 24.3 Å². The van der Waals surface area contributed by atoms with Crippen molar-refractivity contribution in [3.63, 3.8) is 0 Å². The zero-order valence-corrected chi connectivity index (χ0v) is 27.1. The highest BCUT2D eigenvalue weighted by molar-refractivity contribution is 5.99. The van der Waals surface area contributed by atoms with E-state index < -0.39 is 53.6 Å². The van der Waals surface area contributed by atoms with Crippen LogP contribution in [0.25, 0.3) is 32.9 Å². The molecule has 0 bridgehead atoms. The third-order valence-corrected chi connectivity index (χ3v) is 9.93. The minimum absolute atomic E-state index is 0.00740. The predicted octanol–water partition coefficient (Wildman–Crippen LogP) is 5.28. The van der Waals surface area contributed by atoms with Gasteiger partial charge in [0, 0.05) is 37.7 Å². The number of piperidine rings is 1. The van der Waals surface area contributed by atoms with Crippen molar-refractivity contribution in [3.05, 3.63) is 64.3 Å². The maximum absolute atomic E-state index is 16.3. The predicted molar refractivity (Wildman–Crippen MR) is 175 cm³/mol. The third kappa shape index (κ3) is 6.67. The van der Waals surface area contributed by atoms with Crippen LogP contribution in [0, 0.1) is 5.82 Å². The molecule has 0 radical (unpaired) electrons. The zero-order chi connectivity index (χ0) is 34.4. The van der Waals surface area contributed by atoms with E-state index in [0.717, 1.165) is 35.7 Å². The molecule has 1 amide bonds. The quantitative estimate of drug-likeness (QED) is 0.161. The van der Waals surface area contributed by atoms with Gasteiger partial charge in [-0.3, -0.25) is 19.7 Å². The summed E-state index contributed by atoms with van der Waals surface area (Å²) in [5.41, 5.74) is -1.04. The number of benzene rings is 2. The summed E-state index contributed by atoms with van der Waals surface area (Å²) in [7, 11) is 0. The van der Waals surface area contributed by atoms with Gasteiger partial charge in [-0.1, -0.05) is 36.4 Å². The number of carbonyl (C=O) groups is 1. The first-order valence-electron chi connectivity index (χ1n) is 16.6. The molecular formula is C35H38F4N6O4. The summed E-state index contributed by atoms with van der Waals surface area (Å²) < 4.78 is 69.6. The zero-order valence-electron chi connectivity index (χ0n) is 27.1. The highest BCUT2D eigenvalue weighted by Crippen LogP contribution is 2.40. The topological polar surface area (TPSA) is 121 Å². The van der Waals surface area contributed by atoms with Crippen LogP contribution in [0.2, 0.25) is 0 Å². The van der Waals surface area contributed by atoms with Crippen LogP contribution in [0.15, 0.2) is 47.4 Å². The molecule has 1 unspecified atom stereocenters. The second-order valence-electron chi connectivity index (χ2n) is 13.8. The monoisotopic (exact) mass is 682 g/mol. The van der Waals surface area contributed by atoms with Crippen LogP contribution in [0.4, 0.5) is 22.4 Å². The van der Waals surface area contributed by atoms with Crippen LogP contribution in [0.5, 0.6) is 6.01 Å².